The van der Waals surface area contributed by atoms with E-state index in [4.69, 9.17) is 5.73 Å². The lowest BCUT2D eigenvalue weighted by Gasteiger charge is -2.21. The molecule has 1 saturated carbocycles. The van der Waals surface area contributed by atoms with Gasteiger partial charge in [0, 0.05) is 25.9 Å². The monoisotopic (exact) mass is 452 g/mol. The standard InChI is InChI=1S/C13H18F2N4O.C5H9F3.C3H6/c14-11(15)3-4-13(20)17-7-8-1-2-9-10(5-8)19-12(6-16)18-9;1-4(2,3)5(6,7)8;1-2-3-1/h1-2,5,11-12,18-19H,3-4,6-7,16H2,(H,17,20);1-3H3;1-3H2. The maximum Gasteiger partial charge on any atom is 0.393 e. The second-order valence-electron chi connectivity index (χ2n) is 8.47. The van der Waals surface area contributed by atoms with Gasteiger partial charge in [-0.3, -0.25) is 4.79 Å². The molecule has 1 heterocycles. The highest BCUT2D eigenvalue weighted by molar-refractivity contribution is 5.77. The Kier molecular flexibility index (Phi) is 10.5. The molecule has 1 aliphatic heterocycles. The first kappa shape index (κ1) is 26.9. The van der Waals surface area contributed by atoms with Crippen LogP contribution in [0.5, 0.6) is 0 Å². The maximum absolute atomic E-state index is 12.0. The molecule has 0 aromatic heterocycles. The minimum atomic E-state index is -4.06. The van der Waals surface area contributed by atoms with E-state index in [2.05, 4.69) is 16.0 Å². The number of rotatable bonds is 6. The van der Waals surface area contributed by atoms with E-state index in [1.807, 2.05) is 18.2 Å². The Hall–Kier alpha value is -2.10. The number of hydrogen-bond donors (Lipinski definition) is 4. The lowest BCUT2D eigenvalue weighted by Crippen LogP contribution is -2.31. The molecule has 2 aliphatic rings. The van der Waals surface area contributed by atoms with Crippen LogP contribution in [0, 0.1) is 5.41 Å². The summed E-state index contributed by atoms with van der Waals surface area (Å²) in [6.07, 6.45) is -2.55. The molecule has 10 heteroatoms. The van der Waals surface area contributed by atoms with Crippen molar-refractivity contribution in [2.24, 2.45) is 11.1 Å². The first-order valence-corrected chi connectivity index (χ1v) is 10.3. The summed E-state index contributed by atoms with van der Waals surface area (Å²) in [5.41, 5.74) is 6.80. The number of hydrogen-bond acceptors (Lipinski definition) is 4. The van der Waals surface area contributed by atoms with Gasteiger partial charge in [-0.25, -0.2) is 8.78 Å². The van der Waals surface area contributed by atoms with Gasteiger partial charge in [0.2, 0.25) is 12.3 Å². The van der Waals surface area contributed by atoms with Crippen molar-refractivity contribution in [3.8, 4) is 0 Å². The highest BCUT2D eigenvalue weighted by Gasteiger charge is 2.42. The van der Waals surface area contributed by atoms with E-state index >= 15 is 0 Å². The number of fused-ring (bicyclic) bond motifs is 1. The Bertz CT molecular complexity index is 673. The highest BCUT2D eigenvalue weighted by Crippen LogP contribution is 2.36. The summed E-state index contributed by atoms with van der Waals surface area (Å²) in [5, 5.41) is 9.03. The number of carbonyl (C=O) groups excluding carboxylic acids is 1. The average molecular weight is 453 g/mol. The van der Waals surface area contributed by atoms with Crippen LogP contribution in [0.4, 0.5) is 33.3 Å². The fourth-order valence-corrected chi connectivity index (χ4v) is 2.01. The summed E-state index contributed by atoms with van der Waals surface area (Å²) >= 11 is 0. The number of anilines is 2. The fourth-order valence-electron chi connectivity index (χ4n) is 2.01. The number of amides is 1. The van der Waals surface area contributed by atoms with Crippen molar-refractivity contribution < 1.29 is 26.7 Å². The van der Waals surface area contributed by atoms with Crippen LogP contribution < -0.4 is 21.7 Å². The Morgan fingerprint density at radius 1 is 1.13 bits per heavy atom. The molecule has 1 aromatic carbocycles. The van der Waals surface area contributed by atoms with Gasteiger partial charge in [0.1, 0.15) is 6.17 Å². The van der Waals surface area contributed by atoms with E-state index in [1.54, 1.807) is 0 Å². The molecule has 1 amide bonds. The molecule has 5 N–H and O–H groups in total. The van der Waals surface area contributed by atoms with Gasteiger partial charge in [0.15, 0.2) is 0 Å². The second-order valence-corrected chi connectivity index (χ2v) is 8.47. The molecular weight excluding hydrogens is 419 g/mol. The number of nitrogens with one attached hydrogen (secondary N) is 3. The van der Waals surface area contributed by atoms with Gasteiger partial charge in [0.25, 0.3) is 0 Å². The minimum Gasteiger partial charge on any atom is -0.363 e. The molecule has 31 heavy (non-hydrogen) atoms. The largest absolute Gasteiger partial charge is 0.393 e. The molecule has 1 unspecified atom stereocenters. The summed E-state index contributed by atoms with van der Waals surface area (Å²) in [4.78, 5) is 11.4. The van der Waals surface area contributed by atoms with Crippen LogP contribution in [0.25, 0.3) is 0 Å². The fraction of sp³-hybridized carbons (Fsp3) is 0.667. The second kappa shape index (κ2) is 12.1. The van der Waals surface area contributed by atoms with Crippen LogP contribution in [0.15, 0.2) is 18.2 Å². The lowest BCUT2D eigenvalue weighted by atomic mass is 9.96. The van der Waals surface area contributed by atoms with Crippen molar-refractivity contribution in [3.05, 3.63) is 23.8 Å². The SMILES string of the molecule is C1CC1.CC(C)(C)C(F)(F)F.NCC1Nc2ccc(CNC(=O)CCC(F)F)cc2N1. The zero-order chi connectivity index (χ0) is 23.7. The molecule has 0 spiro atoms. The summed E-state index contributed by atoms with van der Waals surface area (Å²) in [6, 6.07) is 5.68. The van der Waals surface area contributed by atoms with Gasteiger partial charge in [0.05, 0.1) is 16.8 Å². The van der Waals surface area contributed by atoms with Crippen LogP contribution in [-0.2, 0) is 11.3 Å². The van der Waals surface area contributed by atoms with Crippen LogP contribution in [0.2, 0.25) is 0 Å². The van der Waals surface area contributed by atoms with E-state index in [9.17, 15) is 26.7 Å². The third kappa shape index (κ3) is 11.2. The van der Waals surface area contributed by atoms with Gasteiger partial charge < -0.3 is 21.7 Å². The molecule has 0 saturated heterocycles. The molecule has 1 aliphatic carbocycles. The Morgan fingerprint density at radius 2 is 1.68 bits per heavy atom. The Balaban J connectivity index is 0.000000360. The molecule has 0 radical (unpaired) electrons. The number of halogens is 5. The summed E-state index contributed by atoms with van der Waals surface area (Å²) in [7, 11) is 0. The van der Waals surface area contributed by atoms with Crippen molar-refractivity contribution in [2.45, 2.75) is 78.2 Å². The number of alkyl halides is 5. The first-order chi connectivity index (χ1) is 14.3. The Morgan fingerprint density at radius 3 is 2.13 bits per heavy atom. The van der Waals surface area contributed by atoms with Gasteiger partial charge in [-0.15, -0.1) is 0 Å². The molecular formula is C21H33F5N4O. The van der Waals surface area contributed by atoms with E-state index in [0.29, 0.717) is 13.1 Å². The van der Waals surface area contributed by atoms with Gasteiger partial charge >= 0.3 is 6.18 Å². The van der Waals surface area contributed by atoms with E-state index in [-0.39, 0.29) is 18.5 Å². The number of benzene rings is 1. The molecule has 1 aromatic rings. The third-order valence-electron chi connectivity index (χ3n) is 4.26. The predicted molar refractivity (Wildman–Crippen MR) is 113 cm³/mol. The Labute approximate surface area is 180 Å². The quantitative estimate of drug-likeness (QED) is 0.446. The topological polar surface area (TPSA) is 79.2 Å². The normalized spacial score (nSPS) is 16.6. The molecule has 3 rings (SSSR count). The summed E-state index contributed by atoms with van der Waals surface area (Å²) in [6.45, 7) is 4.23. The van der Waals surface area contributed by atoms with Crippen molar-refractivity contribution in [2.75, 3.05) is 17.2 Å². The summed E-state index contributed by atoms with van der Waals surface area (Å²) < 4.78 is 58.6. The lowest BCUT2D eigenvalue weighted by molar-refractivity contribution is -0.204. The molecule has 0 bridgehead atoms. The van der Waals surface area contributed by atoms with Crippen molar-refractivity contribution >= 4 is 17.3 Å². The van der Waals surface area contributed by atoms with Crippen LogP contribution in [0.3, 0.4) is 0 Å². The third-order valence-corrected chi connectivity index (χ3v) is 4.26. The van der Waals surface area contributed by atoms with Crippen LogP contribution in [0.1, 0.15) is 58.4 Å². The van der Waals surface area contributed by atoms with Crippen LogP contribution >= 0.6 is 0 Å². The smallest absolute Gasteiger partial charge is 0.363 e. The van der Waals surface area contributed by atoms with Crippen LogP contribution in [-0.4, -0.2) is 31.2 Å². The molecule has 5 nitrogen and oxygen atoms in total. The number of carbonyl (C=O) groups is 1. The zero-order valence-corrected chi connectivity index (χ0v) is 18.2. The highest BCUT2D eigenvalue weighted by atomic mass is 19.4. The molecule has 178 valence electrons. The maximum atomic E-state index is 12.0. The average Bonchev–Trinajstić information content (AvgIpc) is 3.49. The molecule has 1 atom stereocenters. The first-order valence-electron chi connectivity index (χ1n) is 10.3. The zero-order valence-electron chi connectivity index (χ0n) is 18.2. The van der Waals surface area contributed by atoms with E-state index in [1.165, 1.54) is 19.3 Å². The molecule has 1 fully saturated rings. The van der Waals surface area contributed by atoms with Crippen molar-refractivity contribution in [1.29, 1.82) is 0 Å². The summed E-state index contributed by atoms with van der Waals surface area (Å²) in [5.74, 6) is -0.364. The van der Waals surface area contributed by atoms with Gasteiger partial charge in [-0.1, -0.05) is 46.1 Å². The van der Waals surface area contributed by atoms with Crippen molar-refractivity contribution in [3.63, 3.8) is 0 Å². The number of nitrogens with two attached hydrogens (primary N) is 1. The van der Waals surface area contributed by atoms with Gasteiger partial charge in [-0.05, 0) is 17.7 Å². The predicted octanol–water partition coefficient (Wildman–Crippen LogP) is 5.24. The minimum absolute atomic E-state index is 0.0147. The van der Waals surface area contributed by atoms with E-state index in [0.717, 1.165) is 37.7 Å². The van der Waals surface area contributed by atoms with E-state index < -0.39 is 24.4 Å². The van der Waals surface area contributed by atoms with Crippen molar-refractivity contribution in [1.82, 2.24) is 5.32 Å². The van der Waals surface area contributed by atoms with Gasteiger partial charge in [-0.2, -0.15) is 13.2 Å².